The number of carbonyl (C=O) groups excluding carboxylic acids is 3. The predicted octanol–water partition coefficient (Wildman–Crippen LogP) is 24.3. The molecule has 0 aliphatic carbocycles. The molecule has 0 aromatic heterocycles. The van der Waals surface area contributed by atoms with Crippen molar-refractivity contribution in [1.29, 1.82) is 0 Å². The van der Waals surface area contributed by atoms with E-state index in [1.54, 1.807) is 0 Å². The lowest BCUT2D eigenvalue weighted by molar-refractivity contribution is -0.167. The number of esters is 3. The van der Waals surface area contributed by atoms with Gasteiger partial charge in [-0.05, 0) is 128 Å². The fourth-order valence-corrected chi connectivity index (χ4v) is 9.75. The number of hydrogen-bond donors (Lipinski definition) is 0. The molecule has 0 saturated carbocycles. The van der Waals surface area contributed by atoms with Gasteiger partial charge in [-0.2, -0.15) is 0 Å². The molecule has 6 nitrogen and oxygen atoms in total. The Morgan fingerprint density at radius 2 is 0.470 bits per heavy atom. The number of hydrogen-bond acceptors (Lipinski definition) is 6. The lowest BCUT2D eigenvalue weighted by Crippen LogP contribution is -2.30. The first kappa shape index (κ1) is 78.8. The van der Waals surface area contributed by atoms with Crippen LogP contribution in [0.1, 0.15) is 329 Å². The Balaban J connectivity index is 4.39. The Kier molecular flexibility index (Phi) is 66.7. The minimum Gasteiger partial charge on any atom is -0.462 e. The molecule has 0 fully saturated rings. The van der Waals surface area contributed by atoms with E-state index in [0.717, 1.165) is 128 Å². The molecule has 0 saturated heterocycles. The summed E-state index contributed by atoms with van der Waals surface area (Å²) >= 11 is 0. The van der Waals surface area contributed by atoms with E-state index in [1.807, 2.05) is 0 Å². The van der Waals surface area contributed by atoms with Crippen molar-refractivity contribution in [1.82, 2.24) is 0 Å². The minimum atomic E-state index is -0.794. The molecule has 0 amide bonds. The van der Waals surface area contributed by atoms with Crippen LogP contribution in [0.15, 0.2) is 122 Å². The van der Waals surface area contributed by atoms with Crippen LogP contribution in [0.4, 0.5) is 0 Å². The van der Waals surface area contributed by atoms with Crippen molar-refractivity contribution in [2.75, 3.05) is 13.2 Å². The molecule has 83 heavy (non-hydrogen) atoms. The van der Waals surface area contributed by atoms with Gasteiger partial charge in [0.15, 0.2) is 6.10 Å². The normalized spacial score (nSPS) is 12.9. The molecule has 474 valence electrons. The van der Waals surface area contributed by atoms with Crippen LogP contribution < -0.4 is 0 Å². The molecule has 0 spiro atoms. The van der Waals surface area contributed by atoms with Crippen LogP contribution in [-0.4, -0.2) is 37.2 Å². The predicted molar refractivity (Wildman–Crippen MR) is 362 cm³/mol. The van der Waals surface area contributed by atoms with Crippen molar-refractivity contribution in [3.05, 3.63) is 122 Å². The standard InChI is InChI=1S/C77H130O6/c1-4-7-10-13-16-19-22-25-28-31-33-35-37-38-40-41-43-46-49-52-55-58-61-64-67-70-76(79)82-73-74(72-81-75(78)69-66-63-60-57-54-51-48-45-30-27-24-21-18-15-12-9-6-3)83-77(80)71-68-65-62-59-56-53-50-47-44-42-39-36-34-32-29-26-23-20-17-14-11-8-5-2/h8-9,11-12,17-18,20-22,25-27,29-31,33-34,36,42,44,74H,4-7,10,13-16,19,23-24,28,32,35,37-41,43,45-73H2,1-3H3/b11-8-,12-9-,20-17-,21-18-,25-22-,29-26-,30-27-,33-31-,36-34-,44-42-. The van der Waals surface area contributed by atoms with Gasteiger partial charge in [0, 0.05) is 19.3 Å². The van der Waals surface area contributed by atoms with E-state index in [4.69, 9.17) is 14.2 Å². The Morgan fingerprint density at radius 3 is 0.735 bits per heavy atom. The van der Waals surface area contributed by atoms with E-state index in [-0.39, 0.29) is 31.1 Å². The average Bonchev–Trinajstić information content (AvgIpc) is 3.49. The smallest absolute Gasteiger partial charge is 0.306 e. The van der Waals surface area contributed by atoms with Crippen molar-refractivity contribution in [3.63, 3.8) is 0 Å². The zero-order chi connectivity index (χ0) is 59.9. The van der Waals surface area contributed by atoms with Gasteiger partial charge in [0.25, 0.3) is 0 Å². The van der Waals surface area contributed by atoms with Crippen molar-refractivity contribution < 1.29 is 28.6 Å². The van der Waals surface area contributed by atoms with E-state index < -0.39 is 6.10 Å². The number of carbonyl (C=O) groups is 3. The van der Waals surface area contributed by atoms with Crippen molar-refractivity contribution >= 4 is 17.9 Å². The number of allylic oxidation sites excluding steroid dienone is 20. The lowest BCUT2D eigenvalue weighted by Gasteiger charge is -2.18. The van der Waals surface area contributed by atoms with Crippen LogP contribution in [0.3, 0.4) is 0 Å². The first-order chi connectivity index (χ1) is 41.0. The number of ether oxygens (including phenoxy) is 3. The maximum atomic E-state index is 13.0. The van der Waals surface area contributed by atoms with Crippen molar-refractivity contribution in [3.8, 4) is 0 Å². The third-order valence-corrected chi connectivity index (χ3v) is 14.9. The second-order valence-corrected chi connectivity index (χ2v) is 23.0. The Bertz CT molecular complexity index is 1700. The quantitative estimate of drug-likeness (QED) is 0.0261. The zero-order valence-corrected chi connectivity index (χ0v) is 54.4. The van der Waals surface area contributed by atoms with Crippen LogP contribution in [0, 0.1) is 0 Å². The highest BCUT2D eigenvalue weighted by molar-refractivity contribution is 5.71. The van der Waals surface area contributed by atoms with E-state index in [9.17, 15) is 14.4 Å². The fourth-order valence-electron chi connectivity index (χ4n) is 9.75. The highest BCUT2D eigenvalue weighted by Gasteiger charge is 2.19. The highest BCUT2D eigenvalue weighted by atomic mass is 16.6. The van der Waals surface area contributed by atoms with Crippen LogP contribution >= 0.6 is 0 Å². The first-order valence-corrected chi connectivity index (χ1v) is 35.0. The molecule has 0 aromatic rings. The van der Waals surface area contributed by atoms with Gasteiger partial charge in [-0.1, -0.05) is 303 Å². The summed E-state index contributed by atoms with van der Waals surface area (Å²) in [6.07, 6.45) is 97.8. The Hall–Kier alpha value is -4.19. The average molecular weight is 1150 g/mol. The van der Waals surface area contributed by atoms with Gasteiger partial charge < -0.3 is 14.2 Å². The van der Waals surface area contributed by atoms with Crippen LogP contribution in [-0.2, 0) is 28.6 Å². The minimum absolute atomic E-state index is 0.0873. The topological polar surface area (TPSA) is 78.9 Å². The van der Waals surface area contributed by atoms with E-state index in [0.29, 0.717) is 19.3 Å². The molecule has 6 heteroatoms. The summed E-state index contributed by atoms with van der Waals surface area (Å²) in [4.78, 5) is 38.5. The zero-order valence-electron chi connectivity index (χ0n) is 54.4. The molecular formula is C77H130O6. The molecule has 0 N–H and O–H groups in total. The summed E-state index contributed by atoms with van der Waals surface area (Å²) in [5.74, 6) is -0.898. The van der Waals surface area contributed by atoms with E-state index >= 15 is 0 Å². The molecule has 1 atom stereocenters. The lowest BCUT2D eigenvalue weighted by atomic mass is 10.0. The van der Waals surface area contributed by atoms with Gasteiger partial charge in [0.05, 0.1) is 0 Å². The third kappa shape index (κ3) is 68.5. The Labute approximate surface area is 513 Å². The molecule has 1 unspecified atom stereocenters. The monoisotopic (exact) mass is 1150 g/mol. The maximum absolute atomic E-state index is 13.0. The van der Waals surface area contributed by atoms with Gasteiger partial charge in [0.1, 0.15) is 13.2 Å². The van der Waals surface area contributed by atoms with Gasteiger partial charge in [-0.15, -0.1) is 0 Å². The number of rotatable bonds is 63. The number of unbranched alkanes of at least 4 members (excludes halogenated alkanes) is 32. The molecule has 0 heterocycles. The Morgan fingerprint density at radius 1 is 0.253 bits per heavy atom. The second-order valence-electron chi connectivity index (χ2n) is 23.0. The molecule has 0 aromatic carbocycles. The molecule has 0 bridgehead atoms. The summed E-state index contributed by atoms with van der Waals surface area (Å²) in [5, 5.41) is 0. The van der Waals surface area contributed by atoms with Gasteiger partial charge in [-0.3, -0.25) is 14.4 Å². The second kappa shape index (κ2) is 70.3. The van der Waals surface area contributed by atoms with Crippen molar-refractivity contribution in [2.24, 2.45) is 0 Å². The summed E-state index contributed by atoms with van der Waals surface area (Å²) in [6.45, 7) is 6.42. The SMILES string of the molecule is CC/C=C\C/C=C\C/C=C\C/C=C\C/C=C\CCCCCCCCCC(=O)OC(COC(=O)CCCCCCCCC/C=C\C/C=C\C/C=C\CC)COC(=O)CCCCCCCCCCCCCCC/C=C\C/C=C\CCCCCCC. The van der Waals surface area contributed by atoms with Gasteiger partial charge in [-0.25, -0.2) is 0 Å². The molecule has 0 aliphatic heterocycles. The summed E-state index contributed by atoms with van der Waals surface area (Å²) in [6, 6.07) is 0. The highest BCUT2D eigenvalue weighted by Crippen LogP contribution is 2.17. The van der Waals surface area contributed by atoms with Gasteiger partial charge >= 0.3 is 17.9 Å². The van der Waals surface area contributed by atoms with Crippen LogP contribution in [0.5, 0.6) is 0 Å². The third-order valence-electron chi connectivity index (χ3n) is 14.9. The van der Waals surface area contributed by atoms with E-state index in [1.165, 1.54) is 161 Å². The summed E-state index contributed by atoms with van der Waals surface area (Å²) in [5.41, 5.74) is 0. The van der Waals surface area contributed by atoms with E-state index in [2.05, 4.69) is 142 Å². The maximum Gasteiger partial charge on any atom is 0.306 e. The molecule has 0 aliphatic rings. The molecule has 0 rings (SSSR count). The van der Waals surface area contributed by atoms with Gasteiger partial charge in [0.2, 0.25) is 0 Å². The van der Waals surface area contributed by atoms with Crippen LogP contribution in [0.2, 0.25) is 0 Å². The molecular weight excluding hydrogens is 1020 g/mol. The summed E-state index contributed by atoms with van der Waals surface area (Å²) in [7, 11) is 0. The van der Waals surface area contributed by atoms with Crippen LogP contribution in [0.25, 0.3) is 0 Å². The fraction of sp³-hybridized carbons (Fsp3) is 0.701. The molecule has 0 radical (unpaired) electrons. The largest absolute Gasteiger partial charge is 0.462 e. The van der Waals surface area contributed by atoms with Crippen molar-refractivity contribution in [2.45, 2.75) is 335 Å². The first-order valence-electron chi connectivity index (χ1n) is 35.0. The summed E-state index contributed by atoms with van der Waals surface area (Å²) < 4.78 is 17.0.